The topological polar surface area (TPSA) is 23.5 Å². The molecule has 2 aliphatic rings. The lowest BCUT2D eigenvalue weighted by molar-refractivity contribution is 0.143. The minimum absolute atomic E-state index is 0. The van der Waals surface area contributed by atoms with E-state index in [2.05, 4.69) is 17.0 Å². The average Bonchev–Trinajstić information content (AvgIpc) is 2.89. The highest BCUT2D eigenvalue weighted by molar-refractivity contribution is 6.31. The summed E-state index contributed by atoms with van der Waals surface area (Å²) in [5, 5.41) is 11.4. The molecule has 3 rings (SSSR count). The Kier molecular flexibility index (Phi) is 9.06. The molecular formula is C21H33Cl2NO. The van der Waals surface area contributed by atoms with Gasteiger partial charge in [-0.3, -0.25) is 0 Å². The van der Waals surface area contributed by atoms with E-state index in [1.807, 2.05) is 6.07 Å². The van der Waals surface area contributed by atoms with E-state index in [0.29, 0.717) is 5.92 Å². The van der Waals surface area contributed by atoms with E-state index >= 15 is 0 Å². The summed E-state index contributed by atoms with van der Waals surface area (Å²) in [4.78, 5) is 2.51. The third-order valence-electron chi connectivity index (χ3n) is 5.87. The Morgan fingerprint density at radius 1 is 1.00 bits per heavy atom. The van der Waals surface area contributed by atoms with Gasteiger partial charge in [-0.1, -0.05) is 55.8 Å². The van der Waals surface area contributed by atoms with Crippen molar-refractivity contribution in [3.8, 4) is 0 Å². The quantitative estimate of drug-likeness (QED) is 0.660. The van der Waals surface area contributed by atoms with Gasteiger partial charge in [0.2, 0.25) is 0 Å². The molecule has 0 amide bonds. The number of aliphatic hydroxyl groups is 1. The fourth-order valence-corrected chi connectivity index (χ4v) is 4.67. The van der Waals surface area contributed by atoms with Crippen molar-refractivity contribution < 1.29 is 5.11 Å². The van der Waals surface area contributed by atoms with E-state index in [1.165, 1.54) is 76.4 Å². The van der Waals surface area contributed by atoms with Gasteiger partial charge in [-0.05, 0) is 68.3 Å². The molecule has 1 saturated carbocycles. The fourth-order valence-electron chi connectivity index (χ4n) is 4.33. The van der Waals surface area contributed by atoms with Crippen molar-refractivity contribution in [3.05, 3.63) is 34.3 Å². The summed E-state index contributed by atoms with van der Waals surface area (Å²) in [6.07, 6.45) is 12.3. The Hall–Kier alpha value is -0.280. The van der Waals surface area contributed by atoms with Gasteiger partial charge < -0.3 is 10.0 Å². The van der Waals surface area contributed by atoms with Gasteiger partial charge in [-0.2, -0.15) is 0 Å². The van der Waals surface area contributed by atoms with Crippen LogP contribution in [0.4, 0.5) is 0 Å². The minimum atomic E-state index is -0.397. The molecule has 1 aromatic carbocycles. The van der Waals surface area contributed by atoms with Gasteiger partial charge in [0, 0.05) is 11.6 Å². The van der Waals surface area contributed by atoms with Gasteiger partial charge in [0.15, 0.2) is 0 Å². The number of nitrogens with zero attached hydrogens (tertiary/aromatic N) is 1. The number of hydrogen-bond acceptors (Lipinski definition) is 2. The van der Waals surface area contributed by atoms with Crippen molar-refractivity contribution in [3.63, 3.8) is 0 Å². The van der Waals surface area contributed by atoms with Crippen molar-refractivity contribution in [2.75, 3.05) is 19.6 Å². The standard InChI is InChI=1S/C21H32ClNO.ClH/c22-20-16-18(10-11-19(20)17-8-4-3-5-9-17)21(24)12-15-23-13-6-1-2-7-14-23;/h10-11,16-17,21,24H,1-9,12-15H2;1H. The Morgan fingerprint density at radius 2 is 1.64 bits per heavy atom. The van der Waals surface area contributed by atoms with E-state index in [9.17, 15) is 5.11 Å². The molecule has 1 unspecified atom stereocenters. The van der Waals surface area contributed by atoms with Crippen LogP contribution in [0.2, 0.25) is 5.02 Å². The maximum atomic E-state index is 10.6. The predicted molar refractivity (Wildman–Crippen MR) is 109 cm³/mol. The van der Waals surface area contributed by atoms with Gasteiger partial charge in [-0.25, -0.2) is 0 Å². The molecular weight excluding hydrogens is 353 g/mol. The summed E-state index contributed by atoms with van der Waals surface area (Å²) in [7, 11) is 0. The van der Waals surface area contributed by atoms with Crippen LogP contribution in [0.5, 0.6) is 0 Å². The molecule has 1 aromatic rings. The van der Waals surface area contributed by atoms with Crippen LogP contribution in [0.1, 0.15) is 87.4 Å². The monoisotopic (exact) mass is 385 g/mol. The first-order valence-electron chi connectivity index (χ1n) is 9.94. The maximum absolute atomic E-state index is 10.6. The summed E-state index contributed by atoms with van der Waals surface area (Å²) < 4.78 is 0. The molecule has 25 heavy (non-hydrogen) atoms. The zero-order valence-electron chi connectivity index (χ0n) is 15.3. The lowest BCUT2D eigenvalue weighted by Gasteiger charge is -2.24. The van der Waals surface area contributed by atoms with E-state index < -0.39 is 6.10 Å². The summed E-state index contributed by atoms with van der Waals surface area (Å²) in [6.45, 7) is 3.37. The zero-order chi connectivity index (χ0) is 16.8. The van der Waals surface area contributed by atoms with E-state index in [1.54, 1.807) is 0 Å². The number of halogens is 2. The number of hydrogen-bond donors (Lipinski definition) is 1. The Morgan fingerprint density at radius 3 is 2.28 bits per heavy atom. The molecule has 142 valence electrons. The van der Waals surface area contributed by atoms with Gasteiger partial charge in [0.1, 0.15) is 0 Å². The van der Waals surface area contributed by atoms with Crippen LogP contribution in [0, 0.1) is 0 Å². The SMILES string of the molecule is Cl.OC(CCN1CCCCCC1)c1ccc(C2CCCCC2)c(Cl)c1. The third kappa shape index (κ3) is 6.13. The van der Waals surface area contributed by atoms with Gasteiger partial charge >= 0.3 is 0 Å². The lowest BCUT2D eigenvalue weighted by atomic mass is 9.83. The molecule has 2 nitrogen and oxygen atoms in total. The number of rotatable bonds is 5. The summed E-state index contributed by atoms with van der Waals surface area (Å²) in [6, 6.07) is 6.28. The van der Waals surface area contributed by atoms with Gasteiger partial charge in [0.05, 0.1) is 6.10 Å². The Balaban J connectivity index is 0.00000225. The molecule has 1 N–H and O–H groups in total. The highest BCUT2D eigenvalue weighted by Crippen LogP contribution is 2.37. The minimum Gasteiger partial charge on any atom is -0.388 e. The first kappa shape index (κ1) is 21.0. The molecule has 1 aliphatic carbocycles. The van der Waals surface area contributed by atoms with Crippen molar-refractivity contribution >= 4 is 24.0 Å². The van der Waals surface area contributed by atoms with E-state index in [0.717, 1.165) is 23.6 Å². The van der Waals surface area contributed by atoms with Crippen LogP contribution < -0.4 is 0 Å². The number of benzene rings is 1. The Labute approximate surface area is 164 Å². The van der Waals surface area contributed by atoms with Gasteiger partial charge in [-0.15, -0.1) is 12.4 Å². The van der Waals surface area contributed by atoms with Crippen LogP contribution in [0.25, 0.3) is 0 Å². The zero-order valence-corrected chi connectivity index (χ0v) is 16.8. The van der Waals surface area contributed by atoms with E-state index in [-0.39, 0.29) is 12.4 Å². The largest absolute Gasteiger partial charge is 0.388 e. The summed E-state index contributed by atoms with van der Waals surface area (Å²) in [5.74, 6) is 0.620. The molecule has 2 fully saturated rings. The molecule has 0 aromatic heterocycles. The van der Waals surface area contributed by atoms with Crippen molar-refractivity contribution in [1.82, 2.24) is 4.90 Å². The predicted octanol–water partition coefficient (Wildman–Crippen LogP) is 6.11. The van der Waals surface area contributed by atoms with Crippen LogP contribution in [0.3, 0.4) is 0 Å². The fraction of sp³-hybridized carbons (Fsp3) is 0.714. The van der Waals surface area contributed by atoms with Crippen LogP contribution in [-0.2, 0) is 0 Å². The lowest BCUT2D eigenvalue weighted by Crippen LogP contribution is -2.26. The molecule has 1 saturated heterocycles. The van der Waals surface area contributed by atoms with E-state index in [4.69, 9.17) is 11.6 Å². The molecule has 0 bridgehead atoms. The first-order valence-corrected chi connectivity index (χ1v) is 10.3. The normalized spacial score (nSPS) is 21.4. The van der Waals surface area contributed by atoms with Crippen molar-refractivity contribution in [1.29, 1.82) is 0 Å². The second-order valence-corrected chi connectivity index (χ2v) is 8.08. The van der Waals surface area contributed by atoms with Gasteiger partial charge in [0.25, 0.3) is 0 Å². The summed E-state index contributed by atoms with van der Waals surface area (Å²) in [5.41, 5.74) is 2.27. The molecule has 1 heterocycles. The summed E-state index contributed by atoms with van der Waals surface area (Å²) >= 11 is 6.56. The van der Waals surface area contributed by atoms with Crippen LogP contribution in [-0.4, -0.2) is 29.6 Å². The molecule has 1 atom stereocenters. The van der Waals surface area contributed by atoms with Crippen LogP contribution >= 0.6 is 24.0 Å². The highest BCUT2D eigenvalue weighted by atomic mass is 35.5. The maximum Gasteiger partial charge on any atom is 0.0802 e. The highest BCUT2D eigenvalue weighted by Gasteiger charge is 2.19. The second kappa shape index (κ2) is 10.8. The van der Waals surface area contributed by atoms with Crippen LogP contribution in [0.15, 0.2) is 18.2 Å². The number of likely N-dealkylation sites (tertiary alicyclic amines) is 1. The smallest absolute Gasteiger partial charge is 0.0802 e. The first-order chi connectivity index (χ1) is 11.7. The second-order valence-electron chi connectivity index (χ2n) is 7.68. The molecule has 0 spiro atoms. The number of aliphatic hydroxyl groups excluding tert-OH is 1. The van der Waals surface area contributed by atoms with Crippen molar-refractivity contribution in [2.24, 2.45) is 0 Å². The third-order valence-corrected chi connectivity index (χ3v) is 6.20. The molecule has 0 radical (unpaired) electrons. The Bertz CT molecular complexity index is 509. The average molecular weight is 386 g/mol. The molecule has 1 aliphatic heterocycles. The molecule has 4 heteroatoms. The van der Waals surface area contributed by atoms with Crippen molar-refractivity contribution in [2.45, 2.75) is 76.2 Å².